The van der Waals surface area contributed by atoms with Crippen molar-refractivity contribution in [2.75, 3.05) is 32.5 Å². The largest absolute Gasteiger partial charge is 0.477 e. The molecule has 2 rings (SSSR count). The fraction of sp³-hybridized carbons (Fsp3) is 0.500. The van der Waals surface area contributed by atoms with E-state index in [2.05, 4.69) is 22.5 Å². The Morgan fingerprint density at radius 1 is 1.53 bits per heavy atom. The molecular weight excluding hydrogens is 242 g/mol. The summed E-state index contributed by atoms with van der Waals surface area (Å²) in [4.78, 5) is 14.1. The van der Waals surface area contributed by atoms with Crippen LogP contribution >= 0.6 is 0 Å². The van der Waals surface area contributed by atoms with Crippen molar-refractivity contribution in [3.05, 3.63) is 24.3 Å². The second-order valence-corrected chi connectivity index (χ2v) is 5.04. The van der Waals surface area contributed by atoms with E-state index in [1.807, 2.05) is 38.4 Å². The number of amides is 1. The molecule has 0 saturated heterocycles. The summed E-state index contributed by atoms with van der Waals surface area (Å²) in [6.07, 6.45) is -0.468. The van der Waals surface area contributed by atoms with Crippen molar-refractivity contribution >= 4 is 11.6 Å². The molecule has 0 radical (unpaired) electrons. The van der Waals surface area contributed by atoms with Gasteiger partial charge in [0.05, 0.1) is 12.2 Å². The van der Waals surface area contributed by atoms with Crippen molar-refractivity contribution in [3.63, 3.8) is 0 Å². The first-order valence-corrected chi connectivity index (χ1v) is 6.51. The van der Waals surface area contributed by atoms with E-state index >= 15 is 0 Å². The van der Waals surface area contributed by atoms with Gasteiger partial charge in [-0.05, 0) is 33.2 Å². The van der Waals surface area contributed by atoms with Gasteiger partial charge in [-0.25, -0.2) is 0 Å². The van der Waals surface area contributed by atoms with Gasteiger partial charge in [-0.15, -0.1) is 0 Å². The van der Waals surface area contributed by atoms with E-state index in [1.54, 1.807) is 0 Å². The van der Waals surface area contributed by atoms with Gasteiger partial charge in [-0.2, -0.15) is 0 Å². The minimum atomic E-state index is -0.468. The molecule has 0 spiro atoms. The van der Waals surface area contributed by atoms with Crippen molar-refractivity contribution in [2.45, 2.75) is 19.1 Å². The topological polar surface area (TPSA) is 53.6 Å². The second-order valence-electron chi connectivity index (χ2n) is 5.04. The van der Waals surface area contributed by atoms with Crippen LogP contribution < -0.4 is 15.4 Å². The van der Waals surface area contributed by atoms with Crippen LogP contribution in [0.25, 0.3) is 0 Å². The van der Waals surface area contributed by atoms with Crippen LogP contribution in [0.3, 0.4) is 0 Å². The van der Waals surface area contributed by atoms with Crippen LogP contribution in [0, 0.1) is 0 Å². The summed E-state index contributed by atoms with van der Waals surface area (Å²) < 4.78 is 5.70. The van der Waals surface area contributed by atoms with Crippen LogP contribution in [-0.4, -0.2) is 50.1 Å². The number of carbonyl (C=O) groups is 1. The van der Waals surface area contributed by atoms with E-state index in [9.17, 15) is 4.79 Å². The lowest BCUT2D eigenvalue weighted by Crippen LogP contribution is -2.48. The quantitative estimate of drug-likeness (QED) is 0.848. The molecule has 0 fully saturated rings. The van der Waals surface area contributed by atoms with E-state index in [4.69, 9.17) is 4.74 Å². The van der Waals surface area contributed by atoms with Crippen LogP contribution in [0.4, 0.5) is 5.69 Å². The molecule has 2 unspecified atom stereocenters. The predicted molar refractivity (Wildman–Crippen MR) is 75.5 cm³/mol. The van der Waals surface area contributed by atoms with E-state index in [0.717, 1.165) is 11.4 Å². The van der Waals surface area contributed by atoms with Crippen molar-refractivity contribution in [2.24, 2.45) is 0 Å². The summed E-state index contributed by atoms with van der Waals surface area (Å²) in [6, 6.07) is 7.94. The van der Waals surface area contributed by atoms with Gasteiger partial charge in [0.15, 0.2) is 6.10 Å². The molecule has 1 aromatic rings. The average Bonchev–Trinajstić information content (AvgIpc) is 2.43. The number of hydrogen-bond acceptors (Lipinski definition) is 4. The lowest BCUT2D eigenvalue weighted by molar-refractivity contribution is -0.127. The van der Waals surface area contributed by atoms with Crippen LogP contribution in [0.5, 0.6) is 5.75 Å². The second kappa shape index (κ2) is 5.93. The minimum absolute atomic E-state index is 0.0734. The first-order chi connectivity index (χ1) is 9.08. The number of para-hydroxylation sites is 2. The molecular formula is C14H21N3O2. The summed E-state index contributed by atoms with van der Waals surface area (Å²) in [6.45, 7) is 3.18. The van der Waals surface area contributed by atoms with Gasteiger partial charge in [0, 0.05) is 12.6 Å². The zero-order valence-electron chi connectivity index (χ0n) is 11.6. The number of likely N-dealkylation sites (N-methyl/N-ethyl adjacent to an activating group) is 1. The zero-order chi connectivity index (χ0) is 13.8. The van der Waals surface area contributed by atoms with Gasteiger partial charge in [-0.3, -0.25) is 4.79 Å². The van der Waals surface area contributed by atoms with Crippen molar-refractivity contribution in [1.82, 2.24) is 10.2 Å². The first-order valence-electron chi connectivity index (χ1n) is 6.51. The smallest absolute Gasteiger partial charge is 0.263 e. The van der Waals surface area contributed by atoms with Crippen LogP contribution in [0.15, 0.2) is 24.3 Å². The highest BCUT2D eigenvalue weighted by molar-refractivity contribution is 5.83. The SMILES string of the molecule is CC(CNC(=O)C1CNc2ccccc2O1)N(C)C. The molecule has 0 saturated carbocycles. The van der Waals surface area contributed by atoms with Gasteiger partial charge in [0.25, 0.3) is 5.91 Å². The number of benzene rings is 1. The number of anilines is 1. The summed E-state index contributed by atoms with van der Waals surface area (Å²) in [5, 5.41) is 6.13. The number of hydrogen-bond donors (Lipinski definition) is 2. The molecule has 0 aliphatic carbocycles. The number of carbonyl (C=O) groups excluding carboxylic acids is 1. The Balaban J connectivity index is 1.89. The summed E-state index contributed by atoms with van der Waals surface area (Å²) in [5.74, 6) is 0.658. The van der Waals surface area contributed by atoms with Crippen LogP contribution in [-0.2, 0) is 4.79 Å². The Morgan fingerprint density at radius 2 is 2.26 bits per heavy atom. The number of fused-ring (bicyclic) bond motifs is 1. The van der Waals surface area contributed by atoms with Gasteiger partial charge in [0.2, 0.25) is 0 Å². The lowest BCUT2D eigenvalue weighted by Gasteiger charge is -2.27. The van der Waals surface area contributed by atoms with Crippen LogP contribution in [0.2, 0.25) is 0 Å². The highest BCUT2D eigenvalue weighted by Gasteiger charge is 2.25. The highest BCUT2D eigenvalue weighted by atomic mass is 16.5. The maximum absolute atomic E-state index is 12.0. The Kier molecular flexibility index (Phi) is 4.27. The third kappa shape index (κ3) is 3.38. The Morgan fingerprint density at radius 3 is 3.00 bits per heavy atom. The maximum Gasteiger partial charge on any atom is 0.263 e. The van der Waals surface area contributed by atoms with E-state index in [1.165, 1.54) is 0 Å². The average molecular weight is 263 g/mol. The Bertz CT molecular complexity index is 448. The monoisotopic (exact) mass is 263 g/mol. The fourth-order valence-electron chi connectivity index (χ4n) is 1.80. The Hall–Kier alpha value is -1.75. The first kappa shape index (κ1) is 13.7. The minimum Gasteiger partial charge on any atom is -0.477 e. The van der Waals surface area contributed by atoms with Gasteiger partial charge in [0.1, 0.15) is 5.75 Å². The molecule has 1 heterocycles. The molecule has 5 heteroatoms. The molecule has 104 valence electrons. The third-order valence-electron chi connectivity index (χ3n) is 3.38. The third-order valence-corrected chi connectivity index (χ3v) is 3.38. The number of nitrogens with zero attached hydrogens (tertiary/aromatic N) is 1. The number of nitrogens with one attached hydrogen (secondary N) is 2. The summed E-state index contributed by atoms with van der Waals surface area (Å²) in [5.41, 5.74) is 0.938. The molecule has 19 heavy (non-hydrogen) atoms. The zero-order valence-corrected chi connectivity index (χ0v) is 11.6. The molecule has 0 aromatic heterocycles. The maximum atomic E-state index is 12.0. The Labute approximate surface area is 113 Å². The molecule has 5 nitrogen and oxygen atoms in total. The molecule has 1 aliphatic rings. The van der Waals surface area contributed by atoms with Crippen molar-refractivity contribution < 1.29 is 9.53 Å². The molecule has 1 aromatic carbocycles. The van der Waals surface area contributed by atoms with Gasteiger partial charge in [-0.1, -0.05) is 12.1 Å². The normalized spacial score (nSPS) is 19.1. The lowest BCUT2D eigenvalue weighted by atomic mass is 10.2. The van der Waals surface area contributed by atoms with E-state index < -0.39 is 6.10 Å². The van der Waals surface area contributed by atoms with Crippen molar-refractivity contribution in [3.8, 4) is 5.75 Å². The molecule has 1 amide bonds. The molecule has 1 aliphatic heterocycles. The molecule has 2 atom stereocenters. The fourth-order valence-corrected chi connectivity index (χ4v) is 1.80. The molecule has 0 bridgehead atoms. The van der Waals surface area contributed by atoms with E-state index in [0.29, 0.717) is 19.1 Å². The van der Waals surface area contributed by atoms with Crippen molar-refractivity contribution in [1.29, 1.82) is 0 Å². The molecule has 2 N–H and O–H groups in total. The number of ether oxygens (including phenoxy) is 1. The highest BCUT2D eigenvalue weighted by Crippen LogP contribution is 2.28. The summed E-state index contributed by atoms with van der Waals surface area (Å²) >= 11 is 0. The number of rotatable bonds is 4. The summed E-state index contributed by atoms with van der Waals surface area (Å²) in [7, 11) is 3.98. The standard InChI is InChI=1S/C14H21N3O2/c1-10(17(2)3)8-16-14(18)13-9-15-11-6-4-5-7-12(11)19-13/h4-7,10,13,15H,8-9H2,1-3H3,(H,16,18). The van der Waals surface area contributed by atoms with E-state index in [-0.39, 0.29) is 5.91 Å². The van der Waals surface area contributed by atoms with Crippen LogP contribution in [0.1, 0.15) is 6.92 Å². The van der Waals surface area contributed by atoms with Gasteiger partial charge < -0.3 is 20.3 Å². The van der Waals surface area contributed by atoms with Gasteiger partial charge >= 0.3 is 0 Å². The predicted octanol–water partition coefficient (Wildman–Crippen LogP) is 0.926.